The molecule has 0 saturated heterocycles. The van der Waals surface area contributed by atoms with Crippen molar-refractivity contribution in [2.75, 3.05) is 0 Å². The fraction of sp³-hybridized carbons (Fsp3) is 0. The minimum atomic E-state index is 0.932. The maximum absolute atomic E-state index is 5.13. The minimum absolute atomic E-state index is 0.932. The van der Waals surface area contributed by atoms with Crippen molar-refractivity contribution in [3.8, 4) is 33.6 Å². The van der Waals surface area contributed by atoms with Crippen molar-refractivity contribution < 1.29 is 0 Å². The largest absolute Gasteiger partial charge is 0.256 e. The van der Waals surface area contributed by atoms with Gasteiger partial charge in [-0.25, -0.2) is 9.97 Å². The number of nitrogens with zero attached hydrogens (tertiary/aromatic N) is 3. The van der Waals surface area contributed by atoms with E-state index in [0.29, 0.717) is 0 Å². The predicted molar refractivity (Wildman–Crippen MR) is 184 cm³/mol. The van der Waals surface area contributed by atoms with Gasteiger partial charge in [0, 0.05) is 33.5 Å². The molecule has 0 radical (unpaired) electrons. The standard InChI is InChI=1S/C41H25N3/c1-2-10-32-29(7-1)25-36(34-12-4-3-11-33(32)34)40-21-17-31-24-28(15-19-38(31)44-40)27-14-18-37-30(23-27)16-20-39(43-37)35-13-5-8-26-9-6-22-42-41(26)35/h1-25H. The van der Waals surface area contributed by atoms with Crippen LogP contribution in [0.4, 0.5) is 0 Å². The van der Waals surface area contributed by atoms with Crippen LogP contribution >= 0.6 is 0 Å². The van der Waals surface area contributed by atoms with Gasteiger partial charge < -0.3 is 0 Å². The molecule has 204 valence electrons. The van der Waals surface area contributed by atoms with Crippen molar-refractivity contribution in [2.45, 2.75) is 0 Å². The molecule has 0 bridgehead atoms. The van der Waals surface area contributed by atoms with Crippen molar-refractivity contribution >= 4 is 54.3 Å². The molecule has 3 nitrogen and oxygen atoms in total. The van der Waals surface area contributed by atoms with Gasteiger partial charge in [0.15, 0.2) is 0 Å². The fourth-order valence-corrected chi connectivity index (χ4v) is 6.49. The minimum Gasteiger partial charge on any atom is -0.256 e. The smallest absolute Gasteiger partial charge is 0.0795 e. The van der Waals surface area contributed by atoms with Gasteiger partial charge in [-0.15, -0.1) is 0 Å². The van der Waals surface area contributed by atoms with Crippen LogP contribution in [-0.2, 0) is 0 Å². The molecule has 0 N–H and O–H groups in total. The Hall–Kier alpha value is -5.93. The molecule has 0 atom stereocenters. The van der Waals surface area contributed by atoms with E-state index in [1.54, 1.807) is 0 Å². The summed E-state index contributed by atoms with van der Waals surface area (Å²) in [4.78, 5) is 14.8. The third-order valence-electron chi connectivity index (χ3n) is 8.66. The number of fused-ring (bicyclic) bond motifs is 6. The fourth-order valence-electron chi connectivity index (χ4n) is 6.49. The molecule has 44 heavy (non-hydrogen) atoms. The molecule has 9 aromatic rings. The average Bonchev–Trinajstić information content (AvgIpc) is 3.10. The molecule has 0 aliphatic heterocycles. The zero-order chi connectivity index (χ0) is 29.0. The van der Waals surface area contributed by atoms with Gasteiger partial charge in [0.1, 0.15) is 0 Å². The molecule has 0 saturated carbocycles. The van der Waals surface area contributed by atoms with Gasteiger partial charge in [-0.3, -0.25) is 4.98 Å². The van der Waals surface area contributed by atoms with Crippen LogP contribution in [0.1, 0.15) is 0 Å². The molecule has 3 heteroatoms. The van der Waals surface area contributed by atoms with Crippen molar-refractivity contribution in [1.29, 1.82) is 0 Å². The first-order chi connectivity index (χ1) is 21.8. The van der Waals surface area contributed by atoms with E-state index < -0.39 is 0 Å². The second-order valence-corrected chi connectivity index (χ2v) is 11.3. The van der Waals surface area contributed by atoms with Crippen LogP contribution < -0.4 is 0 Å². The van der Waals surface area contributed by atoms with Gasteiger partial charge in [0.2, 0.25) is 0 Å². The SMILES string of the molecule is c1cnc2c(-c3ccc4cc(-c5ccc6nc(-c7cc8ccccc8c8ccccc78)ccc6c5)ccc4n3)cccc2c1. The van der Waals surface area contributed by atoms with Crippen LogP contribution in [0, 0.1) is 0 Å². The van der Waals surface area contributed by atoms with Crippen molar-refractivity contribution in [2.24, 2.45) is 0 Å². The Kier molecular flexibility index (Phi) is 5.50. The molecule has 3 aromatic heterocycles. The Bertz CT molecular complexity index is 2560. The topological polar surface area (TPSA) is 38.7 Å². The quantitative estimate of drug-likeness (QED) is 0.202. The Morgan fingerprint density at radius 3 is 1.73 bits per heavy atom. The normalized spacial score (nSPS) is 11.6. The second-order valence-electron chi connectivity index (χ2n) is 11.3. The van der Waals surface area contributed by atoms with Crippen LogP contribution in [0.15, 0.2) is 152 Å². The first-order valence-corrected chi connectivity index (χ1v) is 14.9. The molecule has 0 unspecified atom stereocenters. The lowest BCUT2D eigenvalue weighted by atomic mass is 9.95. The number of hydrogen-bond donors (Lipinski definition) is 0. The number of hydrogen-bond acceptors (Lipinski definition) is 3. The molecule has 0 amide bonds. The first kappa shape index (κ1) is 24.6. The summed E-state index contributed by atoms with van der Waals surface area (Å²) in [5.74, 6) is 0. The van der Waals surface area contributed by atoms with E-state index >= 15 is 0 Å². The number of aromatic nitrogens is 3. The van der Waals surface area contributed by atoms with Gasteiger partial charge >= 0.3 is 0 Å². The molecule has 3 heterocycles. The zero-order valence-electron chi connectivity index (χ0n) is 23.8. The Labute approximate surface area is 254 Å². The van der Waals surface area contributed by atoms with Crippen LogP contribution in [-0.4, -0.2) is 15.0 Å². The third-order valence-corrected chi connectivity index (χ3v) is 8.66. The zero-order valence-corrected chi connectivity index (χ0v) is 23.8. The van der Waals surface area contributed by atoms with Crippen LogP contribution in [0.2, 0.25) is 0 Å². The molecule has 0 aliphatic carbocycles. The lowest BCUT2D eigenvalue weighted by molar-refractivity contribution is 1.37. The van der Waals surface area contributed by atoms with Crippen molar-refractivity contribution in [3.05, 3.63) is 152 Å². The van der Waals surface area contributed by atoms with Crippen LogP contribution in [0.3, 0.4) is 0 Å². The lowest BCUT2D eigenvalue weighted by Crippen LogP contribution is -1.90. The first-order valence-electron chi connectivity index (χ1n) is 14.9. The highest BCUT2D eigenvalue weighted by Crippen LogP contribution is 2.36. The average molecular weight is 560 g/mol. The maximum Gasteiger partial charge on any atom is 0.0795 e. The molecule has 0 aliphatic rings. The van der Waals surface area contributed by atoms with E-state index in [2.05, 4.69) is 145 Å². The van der Waals surface area contributed by atoms with E-state index in [9.17, 15) is 0 Å². The van der Waals surface area contributed by atoms with Gasteiger partial charge in [0.25, 0.3) is 0 Å². The summed E-state index contributed by atoms with van der Waals surface area (Å²) in [6.45, 7) is 0. The van der Waals surface area contributed by atoms with Gasteiger partial charge in [-0.05, 0) is 81.2 Å². The Balaban J connectivity index is 1.09. The van der Waals surface area contributed by atoms with E-state index in [4.69, 9.17) is 9.97 Å². The van der Waals surface area contributed by atoms with Crippen LogP contribution in [0.5, 0.6) is 0 Å². The highest BCUT2D eigenvalue weighted by atomic mass is 14.7. The Morgan fingerprint density at radius 2 is 0.977 bits per heavy atom. The van der Waals surface area contributed by atoms with Crippen LogP contribution in [0.25, 0.3) is 87.9 Å². The summed E-state index contributed by atoms with van der Waals surface area (Å²) >= 11 is 0. The molecular formula is C41H25N3. The monoisotopic (exact) mass is 559 g/mol. The third kappa shape index (κ3) is 4.02. The number of rotatable bonds is 3. The number of benzene rings is 6. The predicted octanol–water partition coefficient (Wildman–Crippen LogP) is 10.6. The summed E-state index contributed by atoms with van der Waals surface area (Å²) in [5, 5.41) is 8.31. The molecule has 0 fully saturated rings. The van der Waals surface area contributed by atoms with E-state index in [1.165, 1.54) is 21.5 Å². The summed E-state index contributed by atoms with van der Waals surface area (Å²) in [6, 6.07) is 51.4. The van der Waals surface area contributed by atoms with Gasteiger partial charge in [-0.1, -0.05) is 97.1 Å². The molecule has 6 aromatic carbocycles. The number of para-hydroxylation sites is 1. The lowest BCUT2D eigenvalue weighted by Gasteiger charge is -2.12. The second kappa shape index (κ2) is 9.82. The summed E-state index contributed by atoms with van der Waals surface area (Å²) < 4.78 is 0. The van der Waals surface area contributed by atoms with E-state index in [1.807, 2.05) is 12.3 Å². The molecule has 9 rings (SSSR count). The highest BCUT2D eigenvalue weighted by molar-refractivity contribution is 6.13. The maximum atomic E-state index is 5.13. The number of pyridine rings is 3. The van der Waals surface area contributed by atoms with E-state index in [0.717, 1.165) is 66.4 Å². The molecular weight excluding hydrogens is 534 g/mol. The van der Waals surface area contributed by atoms with Gasteiger partial charge in [-0.2, -0.15) is 0 Å². The Morgan fingerprint density at radius 1 is 0.364 bits per heavy atom. The van der Waals surface area contributed by atoms with Gasteiger partial charge in [0.05, 0.1) is 27.9 Å². The summed E-state index contributed by atoms with van der Waals surface area (Å²) in [6.07, 6.45) is 1.84. The van der Waals surface area contributed by atoms with Crippen molar-refractivity contribution in [1.82, 2.24) is 15.0 Å². The van der Waals surface area contributed by atoms with E-state index in [-0.39, 0.29) is 0 Å². The summed E-state index contributed by atoms with van der Waals surface area (Å²) in [5.41, 5.74) is 9.37. The highest BCUT2D eigenvalue weighted by Gasteiger charge is 2.12. The molecule has 0 spiro atoms. The summed E-state index contributed by atoms with van der Waals surface area (Å²) in [7, 11) is 0. The van der Waals surface area contributed by atoms with Crippen molar-refractivity contribution in [3.63, 3.8) is 0 Å².